The van der Waals surface area contributed by atoms with Gasteiger partial charge in [0.05, 0.1) is 19.5 Å². The SMILES string of the molecule is Cc1ccc(NC(=O)Cc2nc(C[NH+]3CCCCCCC3)cs2)cc1. The first-order valence-corrected chi connectivity index (χ1v) is 10.2. The highest BCUT2D eigenvalue weighted by molar-refractivity contribution is 7.09. The van der Waals surface area contributed by atoms with Gasteiger partial charge in [0.15, 0.2) is 0 Å². The van der Waals surface area contributed by atoms with Gasteiger partial charge in [0.2, 0.25) is 5.91 Å². The quantitative estimate of drug-likeness (QED) is 0.863. The van der Waals surface area contributed by atoms with E-state index < -0.39 is 0 Å². The lowest BCUT2D eigenvalue weighted by Gasteiger charge is -2.20. The van der Waals surface area contributed by atoms with E-state index in [2.05, 4.69) is 10.7 Å². The molecule has 1 aliphatic heterocycles. The number of anilines is 1. The molecule has 0 aliphatic carbocycles. The first-order valence-electron chi connectivity index (χ1n) is 9.32. The highest BCUT2D eigenvalue weighted by Gasteiger charge is 2.15. The van der Waals surface area contributed by atoms with E-state index in [1.165, 1.54) is 50.8 Å². The monoisotopic (exact) mass is 358 g/mol. The number of benzene rings is 1. The number of hydrogen-bond acceptors (Lipinski definition) is 3. The van der Waals surface area contributed by atoms with Gasteiger partial charge in [-0.25, -0.2) is 4.98 Å². The Balaban J connectivity index is 1.50. The van der Waals surface area contributed by atoms with E-state index in [4.69, 9.17) is 4.98 Å². The molecule has 2 N–H and O–H groups in total. The average Bonchev–Trinajstić information content (AvgIpc) is 2.99. The van der Waals surface area contributed by atoms with Crippen molar-refractivity contribution in [1.29, 1.82) is 0 Å². The number of thiazole rings is 1. The maximum Gasteiger partial charge on any atom is 0.231 e. The minimum atomic E-state index is 0.00311. The van der Waals surface area contributed by atoms with Gasteiger partial charge < -0.3 is 10.2 Å². The van der Waals surface area contributed by atoms with Gasteiger partial charge >= 0.3 is 0 Å². The smallest absolute Gasteiger partial charge is 0.231 e. The average molecular weight is 359 g/mol. The largest absolute Gasteiger partial charge is 0.330 e. The Morgan fingerprint density at radius 3 is 2.52 bits per heavy atom. The van der Waals surface area contributed by atoms with E-state index in [0.717, 1.165) is 22.9 Å². The van der Waals surface area contributed by atoms with Crippen molar-refractivity contribution in [3.8, 4) is 0 Å². The van der Waals surface area contributed by atoms with Crippen LogP contribution in [0, 0.1) is 6.92 Å². The summed E-state index contributed by atoms with van der Waals surface area (Å²) in [4.78, 5) is 18.5. The van der Waals surface area contributed by atoms with E-state index in [1.807, 2.05) is 31.2 Å². The molecule has 1 amide bonds. The second-order valence-electron chi connectivity index (χ2n) is 7.02. The van der Waals surface area contributed by atoms with Crippen LogP contribution >= 0.6 is 11.3 Å². The lowest BCUT2D eigenvalue weighted by Crippen LogP contribution is -3.10. The topological polar surface area (TPSA) is 46.4 Å². The van der Waals surface area contributed by atoms with E-state index >= 15 is 0 Å². The maximum atomic E-state index is 12.2. The van der Waals surface area contributed by atoms with Gasteiger partial charge in [0.1, 0.15) is 17.2 Å². The predicted molar refractivity (Wildman–Crippen MR) is 103 cm³/mol. The molecule has 25 heavy (non-hydrogen) atoms. The van der Waals surface area contributed by atoms with Crippen LogP contribution in [0.15, 0.2) is 29.6 Å². The number of aryl methyl sites for hydroxylation is 1. The Labute approximate surface area is 154 Å². The van der Waals surface area contributed by atoms with Gasteiger partial charge in [-0.2, -0.15) is 0 Å². The lowest BCUT2D eigenvalue weighted by molar-refractivity contribution is -0.915. The fourth-order valence-corrected chi connectivity index (χ4v) is 4.12. The molecule has 0 radical (unpaired) electrons. The van der Waals surface area contributed by atoms with Crippen molar-refractivity contribution >= 4 is 22.9 Å². The highest BCUT2D eigenvalue weighted by atomic mass is 32.1. The third kappa shape index (κ3) is 5.94. The second-order valence-corrected chi connectivity index (χ2v) is 7.96. The van der Waals surface area contributed by atoms with Crippen molar-refractivity contribution in [3.63, 3.8) is 0 Å². The van der Waals surface area contributed by atoms with Crippen LogP contribution in [0.1, 0.15) is 48.4 Å². The summed E-state index contributed by atoms with van der Waals surface area (Å²) in [7, 11) is 0. The number of nitrogens with one attached hydrogen (secondary N) is 2. The van der Waals surface area contributed by atoms with Gasteiger partial charge in [0, 0.05) is 11.1 Å². The zero-order valence-corrected chi connectivity index (χ0v) is 15.8. The molecule has 0 bridgehead atoms. The highest BCUT2D eigenvalue weighted by Crippen LogP contribution is 2.13. The molecular formula is C20H28N3OS+. The van der Waals surface area contributed by atoms with Gasteiger partial charge in [0.25, 0.3) is 0 Å². The third-order valence-electron chi connectivity index (χ3n) is 4.74. The Bertz CT molecular complexity index is 673. The number of amides is 1. The number of hydrogen-bond donors (Lipinski definition) is 2. The van der Waals surface area contributed by atoms with Gasteiger partial charge in [-0.15, -0.1) is 11.3 Å². The summed E-state index contributed by atoms with van der Waals surface area (Å²) in [6, 6.07) is 7.88. The van der Waals surface area contributed by atoms with Gasteiger partial charge in [-0.05, 0) is 44.7 Å². The van der Waals surface area contributed by atoms with Crippen molar-refractivity contribution in [3.05, 3.63) is 45.9 Å². The van der Waals surface area contributed by atoms with Gasteiger partial charge in [-0.3, -0.25) is 4.79 Å². The lowest BCUT2D eigenvalue weighted by atomic mass is 10.1. The van der Waals surface area contributed by atoms with E-state index in [1.54, 1.807) is 16.2 Å². The fraction of sp³-hybridized carbons (Fsp3) is 0.500. The molecular weight excluding hydrogens is 330 g/mol. The van der Waals surface area contributed by atoms with E-state index in [-0.39, 0.29) is 5.91 Å². The Morgan fingerprint density at radius 1 is 1.12 bits per heavy atom. The van der Waals surface area contributed by atoms with E-state index in [9.17, 15) is 4.79 Å². The normalized spacial score (nSPS) is 16.2. The van der Waals surface area contributed by atoms with Crippen LogP contribution in [-0.2, 0) is 17.8 Å². The minimum Gasteiger partial charge on any atom is -0.330 e. The molecule has 1 aromatic heterocycles. The van der Waals surface area contributed by atoms with Crippen LogP contribution in [0.2, 0.25) is 0 Å². The molecule has 1 aliphatic rings. The van der Waals surface area contributed by atoms with Crippen molar-refractivity contribution in [1.82, 2.24) is 4.98 Å². The van der Waals surface area contributed by atoms with Crippen LogP contribution in [0.25, 0.3) is 0 Å². The minimum absolute atomic E-state index is 0.00311. The molecule has 2 aromatic rings. The van der Waals surface area contributed by atoms with Crippen LogP contribution in [0.5, 0.6) is 0 Å². The van der Waals surface area contributed by atoms with Crippen LogP contribution in [-0.4, -0.2) is 24.0 Å². The number of likely N-dealkylation sites (tertiary alicyclic amines) is 1. The summed E-state index contributed by atoms with van der Waals surface area (Å²) in [5.74, 6) is 0.00311. The van der Waals surface area contributed by atoms with Crippen molar-refractivity contribution in [2.45, 2.75) is 52.0 Å². The summed E-state index contributed by atoms with van der Waals surface area (Å²) in [6.07, 6.45) is 7.13. The number of quaternary nitrogens is 1. The van der Waals surface area contributed by atoms with Crippen LogP contribution < -0.4 is 10.2 Å². The Kier molecular flexibility index (Phi) is 6.59. The molecule has 1 fully saturated rings. The van der Waals surface area contributed by atoms with Gasteiger partial charge in [-0.1, -0.05) is 24.1 Å². The maximum absolute atomic E-state index is 12.2. The fourth-order valence-electron chi connectivity index (χ4n) is 3.33. The summed E-state index contributed by atoms with van der Waals surface area (Å²) in [5, 5.41) is 5.98. The number of carbonyl (C=O) groups excluding carboxylic acids is 1. The third-order valence-corrected chi connectivity index (χ3v) is 5.64. The Hall–Kier alpha value is -1.72. The van der Waals surface area contributed by atoms with Crippen LogP contribution in [0.3, 0.4) is 0 Å². The predicted octanol–water partition coefficient (Wildman–Crippen LogP) is 2.98. The molecule has 5 heteroatoms. The molecule has 0 atom stereocenters. The van der Waals surface area contributed by atoms with Crippen molar-refractivity contribution in [2.75, 3.05) is 18.4 Å². The molecule has 4 nitrogen and oxygen atoms in total. The summed E-state index contributed by atoms with van der Waals surface area (Å²) in [5.41, 5.74) is 3.17. The van der Waals surface area contributed by atoms with E-state index in [0.29, 0.717) is 6.42 Å². The number of rotatable bonds is 5. The molecule has 1 aromatic carbocycles. The zero-order valence-electron chi connectivity index (χ0n) is 15.0. The number of nitrogens with zero attached hydrogens (tertiary/aromatic N) is 1. The Morgan fingerprint density at radius 2 is 1.80 bits per heavy atom. The molecule has 134 valence electrons. The standard InChI is InChI=1S/C20H27N3OS/c1-16-7-9-17(10-8-16)21-19(24)13-20-22-18(15-25-20)14-23-11-5-3-2-4-6-12-23/h7-10,15H,2-6,11-14H2,1H3,(H,21,24)/p+1. The zero-order chi connectivity index (χ0) is 17.5. The molecule has 0 spiro atoms. The summed E-state index contributed by atoms with van der Waals surface area (Å²) < 4.78 is 0. The number of aromatic nitrogens is 1. The molecule has 2 heterocycles. The summed E-state index contributed by atoms with van der Waals surface area (Å²) in [6.45, 7) is 5.54. The second kappa shape index (κ2) is 9.11. The first kappa shape index (κ1) is 18.1. The van der Waals surface area contributed by atoms with Crippen LogP contribution in [0.4, 0.5) is 5.69 Å². The molecule has 0 unspecified atom stereocenters. The first-order chi connectivity index (χ1) is 12.2. The molecule has 1 saturated heterocycles. The number of carbonyl (C=O) groups is 1. The van der Waals surface area contributed by atoms with Crippen molar-refractivity contribution < 1.29 is 9.69 Å². The molecule has 3 rings (SSSR count). The molecule has 0 saturated carbocycles. The van der Waals surface area contributed by atoms with Crippen molar-refractivity contribution in [2.24, 2.45) is 0 Å². The summed E-state index contributed by atoms with van der Waals surface area (Å²) >= 11 is 1.60.